The molecule has 0 N–H and O–H groups in total. The van der Waals surface area contributed by atoms with Gasteiger partial charge in [-0.3, -0.25) is 0 Å². The Morgan fingerprint density at radius 2 is 1.11 bits per heavy atom. The fourth-order valence-electron chi connectivity index (χ4n) is 1.52. The van der Waals surface area contributed by atoms with Crippen molar-refractivity contribution in [3.8, 4) is 0 Å². The maximum atomic E-state index is 5.69. The van der Waals surface area contributed by atoms with E-state index < -0.39 is 8.38 Å². The molecule has 0 unspecified atom stereocenters. The number of hydrogen-bond donors (Lipinski definition) is 0. The molecule has 2 nitrogen and oxygen atoms in total. The molecule has 2 aromatic carbocycles. The van der Waals surface area contributed by atoms with Gasteiger partial charge in [-0.1, -0.05) is 60.7 Å². The van der Waals surface area contributed by atoms with Crippen molar-refractivity contribution in [2.24, 2.45) is 0 Å². The highest BCUT2D eigenvalue weighted by atomic mass is 31.2. The molecule has 0 radical (unpaired) electrons. The largest absolute Gasteiger partial charge is 0.329 e. The van der Waals surface area contributed by atoms with E-state index >= 15 is 0 Å². The molecular weight excluding hydrogens is 243 g/mol. The Balaban J connectivity index is 1.71. The van der Waals surface area contributed by atoms with Crippen LogP contribution in [0.25, 0.3) is 0 Å². The van der Waals surface area contributed by atoms with Gasteiger partial charge < -0.3 is 9.05 Å². The van der Waals surface area contributed by atoms with E-state index in [1.165, 1.54) is 11.1 Å². The Morgan fingerprint density at radius 1 is 0.722 bits per heavy atom. The van der Waals surface area contributed by atoms with Gasteiger partial charge in [-0.2, -0.15) is 0 Å². The van der Waals surface area contributed by atoms with E-state index in [4.69, 9.17) is 9.05 Å². The zero-order chi connectivity index (χ0) is 12.6. The van der Waals surface area contributed by atoms with Gasteiger partial charge in [0.25, 0.3) is 0 Å². The Bertz CT molecular complexity index is 401. The maximum absolute atomic E-state index is 5.69. The number of benzene rings is 2. The molecule has 2 aromatic rings. The van der Waals surface area contributed by atoms with Crippen molar-refractivity contribution in [3.63, 3.8) is 0 Å². The Kier molecular flexibility index (Phi) is 5.35. The van der Waals surface area contributed by atoms with Crippen molar-refractivity contribution >= 4 is 8.38 Å². The summed E-state index contributed by atoms with van der Waals surface area (Å²) in [5, 5.41) is 0. The van der Waals surface area contributed by atoms with Crippen LogP contribution in [0.2, 0.25) is 0 Å². The summed E-state index contributed by atoms with van der Waals surface area (Å²) in [5.74, 6) is 0. The summed E-state index contributed by atoms with van der Waals surface area (Å²) in [7, 11) is -0.828. The van der Waals surface area contributed by atoms with Crippen LogP contribution < -0.4 is 0 Å². The topological polar surface area (TPSA) is 18.5 Å². The first-order valence-electron chi connectivity index (χ1n) is 5.92. The van der Waals surface area contributed by atoms with Crippen molar-refractivity contribution in [3.05, 3.63) is 71.8 Å². The van der Waals surface area contributed by atoms with Crippen LogP contribution in [0.3, 0.4) is 0 Å². The number of hydrogen-bond acceptors (Lipinski definition) is 2. The van der Waals surface area contributed by atoms with Gasteiger partial charge in [0.1, 0.15) is 0 Å². The molecule has 18 heavy (non-hydrogen) atoms. The average molecular weight is 260 g/mol. The van der Waals surface area contributed by atoms with Gasteiger partial charge in [0.15, 0.2) is 8.38 Å². The lowest BCUT2D eigenvalue weighted by atomic mass is 10.2. The summed E-state index contributed by atoms with van der Waals surface area (Å²) >= 11 is 0. The summed E-state index contributed by atoms with van der Waals surface area (Å²) in [4.78, 5) is 0. The summed E-state index contributed by atoms with van der Waals surface area (Å²) in [6, 6.07) is 20.3. The predicted molar refractivity (Wildman–Crippen MR) is 75.3 cm³/mol. The van der Waals surface area contributed by atoms with E-state index in [9.17, 15) is 0 Å². The minimum atomic E-state index is -0.828. The second-order valence-corrected chi connectivity index (χ2v) is 5.35. The molecule has 0 bridgehead atoms. The molecule has 3 heteroatoms. The van der Waals surface area contributed by atoms with E-state index in [2.05, 4.69) is 24.3 Å². The monoisotopic (exact) mass is 260 g/mol. The van der Waals surface area contributed by atoms with E-state index in [-0.39, 0.29) is 0 Å². The minimum absolute atomic E-state index is 0.609. The molecular formula is C15H17O2P. The van der Waals surface area contributed by atoms with E-state index in [1.54, 1.807) is 0 Å². The van der Waals surface area contributed by atoms with Gasteiger partial charge >= 0.3 is 0 Å². The van der Waals surface area contributed by atoms with Gasteiger partial charge in [-0.25, -0.2) is 0 Å². The lowest BCUT2D eigenvalue weighted by Gasteiger charge is -2.13. The van der Waals surface area contributed by atoms with Crippen LogP contribution >= 0.6 is 8.38 Å². The van der Waals surface area contributed by atoms with Crippen LogP contribution in [-0.2, 0) is 22.3 Å². The van der Waals surface area contributed by atoms with Crippen LogP contribution in [0.15, 0.2) is 60.7 Å². The molecule has 0 saturated heterocycles. The van der Waals surface area contributed by atoms with Crippen molar-refractivity contribution in [2.75, 3.05) is 6.66 Å². The smallest absolute Gasteiger partial charge is 0.167 e. The Morgan fingerprint density at radius 3 is 1.50 bits per heavy atom. The first-order chi connectivity index (χ1) is 8.84. The second kappa shape index (κ2) is 7.27. The molecule has 94 valence electrons. The maximum Gasteiger partial charge on any atom is 0.167 e. The predicted octanol–water partition coefficient (Wildman–Crippen LogP) is 4.36. The summed E-state index contributed by atoms with van der Waals surface area (Å²) in [6.07, 6.45) is 0. The van der Waals surface area contributed by atoms with Gasteiger partial charge in [0.05, 0.1) is 13.2 Å². The van der Waals surface area contributed by atoms with Crippen LogP contribution in [0, 0.1) is 0 Å². The Labute approximate surface area is 109 Å². The first kappa shape index (κ1) is 13.2. The molecule has 0 aliphatic carbocycles. The highest BCUT2D eigenvalue weighted by molar-refractivity contribution is 7.46. The normalized spacial score (nSPS) is 10.8. The van der Waals surface area contributed by atoms with Gasteiger partial charge in [-0.15, -0.1) is 0 Å². The highest BCUT2D eigenvalue weighted by Gasteiger charge is 2.03. The molecule has 0 heterocycles. The van der Waals surface area contributed by atoms with Gasteiger partial charge in [0, 0.05) is 6.66 Å². The molecule has 0 amide bonds. The standard InChI is InChI=1S/C15H17O2P/c1-18(16-12-14-8-4-2-5-9-14)17-13-15-10-6-3-7-11-15/h2-11H,12-13H2,1H3. The average Bonchev–Trinajstić information content (AvgIpc) is 2.45. The molecule has 2 rings (SSSR count). The van der Waals surface area contributed by atoms with Crippen molar-refractivity contribution < 1.29 is 9.05 Å². The first-order valence-corrected chi connectivity index (χ1v) is 7.54. The third-order valence-corrected chi connectivity index (χ3v) is 3.50. The SMILES string of the molecule is CP(OCc1ccccc1)OCc1ccccc1. The summed E-state index contributed by atoms with van der Waals surface area (Å²) < 4.78 is 11.4. The van der Waals surface area contributed by atoms with Crippen molar-refractivity contribution in [2.45, 2.75) is 13.2 Å². The summed E-state index contributed by atoms with van der Waals surface area (Å²) in [5.41, 5.74) is 2.35. The number of rotatable bonds is 6. The highest BCUT2D eigenvalue weighted by Crippen LogP contribution is 2.35. The van der Waals surface area contributed by atoms with Gasteiger partial charge in [-0.05, 0) is 11.1 Å². The van der Waals surface area contributed by atoms with Crippen LogP contribution in [-0.4, -0.2) is 6.66 Å². The fraction of sp³-hybridized carbons (Fsp3) is 0.200. The van der Waals surface area contributed by atoms with Crippen LogP contribution in [0.4, 0.5) is 0 Å². The van der Waals surface area contributed by atoms with Crippen molar-refractivity contribution in [1.82, 2.24) is 0 Å². The second-order valence-electron chi connectivity index (χ2n) is 3.96. The lowest BCUT2D eigenvalue weighted by Crippen LogP contribution is -1.92. The molecule has 0 aliphatic rings. The minimum Gasteiger partial charge on any atom is -0.329 e. The van der Waals surface area contributed by atoms with Crippen molar-refractivity contribution in [1.29, 1.82) is 0 Å². The third kappa shape index (κ3) is 4.58. The zero-order valence-electron chi connectivity index (χ0n) is 10.5. The quantitative estimate of drug-likeness (QED) is 0.718. The molecule has 0 saturated carbocycles. The summed E-state index contributed by atoms with van der Waals surface area (Å²) in [6.45, 7) is 3.21. The Hall–Kier alpha value is -1.21. The van der Waals surface area contributed by atoms with E-state index in [0.29, 0.717) is 13.2 Å². The molecule has 0 aromatic heterocycles. The molecule has 0 atom stereocenters. The lowest BCUT2D eigenvalue weighted by molar-refractivity contribution is 0.239. The fourth-order valence-corrected chi connectivity index (χ4v) is 2.25. The molecule has 0 fully saturated rings. The van der Waals surface area contributed by atoms with Gasteiger partial charge in [0.2, 0.25) is 0 Å². The zero-order valence-corrected chi connectivity index (χ0v) is 11.3. The molecule has 0 aliphatic heterocycles. The van der Waals surface area contributed by atoms with Crippen LogP contribution in [0.5, 0.6) is 0 Å². The molecule has 0 spiro atoms. The van der Waals surface area contributed by atoms with E-state index in [0.717, 1.165) is 0 Å². The van der Waals surface area contributed by atoms with E-state index in [1.807, 2.05) is 43.1 Å². The van der Waals surface area contributed by atoms with Crippen LogP contribution in [0.1, 0.15) is 11.1 Å². The third-order valence-electron chi connectivity index (χ3n) is 2.51.